The Hall–Kier alpha value is -2.82. The van der Waals surface area contributed by atoms with Crippen LogP contribution in [0.1, 0.15) is 51.9 Å². The summed E-state index contributed by atoms with van der Waals surface area (Å²) < 4.78 is 12.2. The number of rotatable bonds is 3. The van der Waals surface area contributed by atoms with Gasteiger partial charge in [-0.15, -0.1) is 0 Å². The number of carbonyl (C=O) groups excluding carboxylic acids is 2. The molecule has 0 aromatic heterocycles. The van der Waals surface area contributed by atoms with E-state index < -0.39 is 5.60 Å². The molecule has 1 saturated heterocycles. The first kappa shape index (κ1) is 20.5. The molecule has 1 fully saturated rings. The second-order valence-electron chi connectivity index (χ2n) is 8.78. The van der Waals surface area contributed by atoms with Gasteiger partial charge in [0.25, 0.3) is 5.91 Å². The molecule has 5 heteroatoms. The Kier molecular flexibility index (Phi) is 5.31. The Morgan fingerprint density at radius 3 is 2.43 bits per heavy atom. The number of Topliss-reactive ketones (excluding diaryl/α,β-unsaturated/α-hetero) is 1. The van der Waals surface area contributed by atoms with Gasteiger partial charge in [-0.3, -0.25) is 9.59 Å². The van der Waals surface area contributed by atoms with Gasteiger partial charge in [-0.25, -0.2) is 0 Å². The van der Waals surface area contributed by atoms with Crippen molar-refractivity contribution in [2.24, 2.45) is 0 Å². The lowest BCUT2D eigenvalue weighted by molar-refractivity contribution is -0.136. The molecule has 2 aliphatic rings. The molecule has 1 spiro atoms. The van der Waals surface area contributed by atoms with Crippen LogP contribution in [0.15, 0.2) is 30.3 Å². The summed E-state index contributed by atoms with van der Waals surface area (Å²) in [5.74, 6) is 1.57. The number of ether oxygens (including phenoxy) is 2. The topological polar surface area (TPSA) is 55.8 Å². The van der Waals surface area contributed by atoms with Gasteiger partial charge < -0.3 is 14.4 Å². The summed E-state index contributed by atoms with van der Waals surface area (Å²) >= 11 is 0. The van der Waals surface area contributed by atoms with Crippen molar-refractivity contribution in [2.75, 3.05) is 19.7 Å². The van der Waals surface area contributed by atoms with E-state index in [-0.39, 0.29) is 18.3 Å². The number of likely N-dealkylation sites (tertiary alicyclic amines) is 1. The van der Waals surface area contributed by atoms with Crippen LogP contribution in [0, 0.1) is 27.7 Å². The predicted molar refractivity (Wildman–Crippen MR) is 115 cm³/mol. The van der Waals surface area contributed by atoms with Crippen LogP contribution in [0.3, 0.4) is 0 Å². The van der Waals surface area contributed by atoms with Gasteiger partial charge in [0.1, 0.15) is 17.1 Å². The Morgan fingerprint density at radius 1 is 1.03 bits per heavy atom. The molecule has 4 rings (SSSR count). The lowest BCUT2D eigenvalue weighted by atomic mass is 9.81. The molecule has 2 aliphatic heterocycles. The number of fused-ring (bicyclic) bond motifs is 1. The van der Waals surface area contributed by atoms with E-state index in [1.807, 2.05) is 62.9 Å². The zero-order chi connectivity index (χ0) is 21.5. The third-order valence-electron chi connectivity index (χ3n) is 6.23. The van der Waals surface area contributed by atoms with Crippen molar-refractivity contribution in [3.8, 4) is 11.5 Å². The maximum absolute atomic E-state index is 12.8. The summed E-state index contributed by atoms with van der Waals surface area (Å²) in [4.78, 5) is 27.3. The van der Waals surface area contributed by atoms with Crippen LogP contribution in [0.4, 0.5) is 0 Å². The van der Waals surface area contributed by atoms with Crippen LogP contribution >= 0.6 is 0 Å². The number of carbonyl (C=O) groups is 2. The quantitative estimate of drug-likeness (QED) is 0.760. The number of ketones is 1. The maximum Gasteiger partial charge on any atom is 0.260 e. The first-order valence-corrected chi connectivity index (χ1v) is 10.6. The molecule has 0 atom stereocenters. The molecule has 5 nitrogen and oxygen atoms in total. The van der Waals surface area contributed by atoms with Crippen LogP contribution < -0.4 is 9.47 Å². The van der Waals surface area contributed by atoms with Gasteiger partial charge in [-0.05, 0) is 56.5 Å². The molecule has 1 amide bonds. The number of hydrogen-bond acceptors (Lipinski definition) is 4. The molecular formula is C25H29NO4. The summed E-state index contributed by atoms with van der Waals surface area (Å²) in [7, 11) is 0. The van der Waals surface area contributed by atoms with E-state index in [0.29, 0.717) is 37.9 Å². The third-order valence-corrected chi connectivity index (χ3v) is 6.23. The zero-order valence-electron chi connectivity index (χ0n) is 18.2. The molecule has 2 aromatic carbocycles. The van der Waals surface area contributed by atoms with Crippen molar-refractivity contribution in [3.05, 3.63) is 58.1 Å². The normalized spacial score (nSPS) is 17.5. The van der Waals surface area contributed by atoms with Crippen LogP contribution in [-0.4, -0.2) is 41.9 Å². The minimum Gasteiger partial charge on any atom is -0.486 e. The summed E-state index contributed by atoms with van der Waals surface area (Å²) in [6.07, 6.45) is 1.69. The van der Waals surface area contributed by atoms with E-state index in [1.54, 1.807) is 0 Å². The molecule has 2 aromatic rings. The Labute approximate surface area is 178 Å². The average molecular weight is 408 g/mol. The van der Waals surface area contributed by atoms with E-state index in [0.717, 1.165) is 28.2 Å². The van der Waals surface area contributed by atoms with E-state index in [1.165, 1.54) is 5.56 Å². The molecule has 158 valence electrons. The highest BCUT2D eigenvalue weighted by Crippen LogP contribution is 2.41. The van der Waals surface area contributed by atoms with E-state index >= 15 is 0 Å². The van der Waals surface area contributed by atoms with Crippen molar-refractivity contribution in [1.82, 2.24) is 4.90 Å². The molecule has 30 heavy (non-hydrogen) atoms. The van der Waals surface area contributed by atoms with E-state index in [9.17, 15) is 9.59 Å². The van der Waals surface area contributed by atoms with Gasteiger partial charge in [0.05, 0.1) is 12.0 Å². The van der Waals surface area contributed by atoms with Crippen molar-refractivity contribution >= 4 is 11.7 Å². The lowest BCUT2D eigenvalue weighted by Crippen LogP contribution is -2.53. The van der Waals surface area contributed by atoms with Crippen molar-refractivity contribution in [2.45, 2.75) is 52.6 Å². The highest BCUT2D eigenvalue weighted by Gasteiger charge is 2.44. The number of benzene rings is 2. The molecule has 0 radical (unpaired) electrons. The number of hydrogen-bond donors (Lipinski definition) is 0. The van der Waals surface area contributed by atoms with Crippen LogP contribution in [0.5, 0.6) is 11.5 Å². The maximum atomic E-state index is 12.8. The standard InChI is InChI=1S/C25H29NO4/c1-16-5-6-22(18(3)11-16)29-15-23(28)26-9-7-25(8-10-26)14-21(27)20-13-17(2)12-19(4)24(20)30-25/h5-6,11-13H,7-10,14-15H2,1-4H3. The molecule has 0 N–H and O–H groups in total. The minimum atomic E-state index is -0.505. The van der Waals surface area contributed by atoms with Gasteiger partial charge in [0, 0.05) is 25.9 Å². The van der Waals surface area contributed by atoms with Crippen LogP contribution in [0.25, 0.3) is 0 Å². The second-order valence-corrected chi connectivity index (χ2v) is 8.78. The SMILES string of the molecule is Cc1ccc(OCC(=O)N2CCC3(CC2)CC(=O)c2cc(C)cc(C)c2O3)c(C)c1. The monoisotopic (exact) mass is 407 g/mol. The molecule has 0 aliphatic carbocycles. The summed E-state index contributed by atoms with van der Waals surface area (Å²) in [5.41, 5.74) is 4.45. The fourth-order valence-corrected chi connectivity index (χ4v) is 4.57. The van der Waals surface area contributed by atoms with Gasteiger partial charge in [-0.2, -0.15) is 0 Å². The molecule has 2 heterocycles. The fraction of sp³-hybridized carbons (Fsp3) is 0.440. The first-order chi connectivity index (χ1) is 14.3. The fourth-order valence-electron chi connectivity index (χ4n) is 4.57. The summed E-state index contributed by atoms with van der Waals surface area (Å²) in [6.45, 7) is 9.17. The second kappa shape index (κ2) is 7.78. The van der Waals surface area contributed by atoms with Gasteiger partial charge in [0.15, 0.2) is 12.4 Å². The Bertz CT molecular complexity index is 1000. The third kappa shape index (κ3) is 3.93. The minimum absolute atomic E-state index is 0.0257. The average Bonchev–Trinajstić information content (AvgIpc) is 2.69. The van der Waals surface area contributed by atoms with E-state index in [4.69, 9.17) is 9.47 Å². The lowest BCUT2D eigenvalue weighted by Gasteiger charge is -2.44. The molecule has 0 unspecified atom stereocenters. The van der Waals surface area contributed by atoms with Crippen LogP contribution in [-0.2, 0) is 4.79 Å². The van der Waals surface area contributed by atoms with Crippen molar-refractivity contribution < 1.29 is 19.1 Å². The Balaban J connectivity index is 1.38. The molecular weight excluding hydrogens is 378 g/mol. The smallest absolute Gasteiger partial charge is 0.260 e. The van der Waals surface area contributed by atoms with Gasteiger partial charge in [-0.1, -0.05) is 23.8 Å². The molecule has 0 bridgehead atoms. The summed E-state index contributed by atoms with van der Waals surface area (Å²) in [6, 6.07) is 9.90. The highest BCUT2D eigenvalue weighted by atomic mass is 16.5. The van der Waals surface area contributed by atoms with Crippen molar-refractivity contribution in [1.29, 1.82) is 0 Å². The highest BCUT2D eigenvalue weighted by molar-refractivity contribution is 6.01. The predicted octanol–water partition coefficient (Wildman–Crippen LogP) is 4.33. The largest absolute Gasteiger partial charge is 0.486 e. The van der Waals surface area contributed by atoms with Gasteiger partial charge >= 0.3 is 0 Å². The first-order valence-electron chi connectivity index (χ1n) is 10.6. The Morgan fingerprint density at radius 2 is 1.73 bits per heavy atom. The number of nitrogens with zero attached hydrogens (tertiary/aromatic N) is 1. The van der Waals surface area contributed by atoms with Crippen molar-refractivity contribution in [3.63, 3.8) is 0 Å². The number of piperidine rings is 1. The molecule has 0 saturated carbocycles. The van der Waals surface area contributed by atoms with E-state index in [2.05, 4.69) is 0 Å². The van der Waals surface area contributed by atoms with Crippen LogP contribution in [0.2, 0.25) is 0 Å². The zero-order valence-corrected chi connectivity index (χ0v) is 18.2. The van der Waals surface area contributed by atoms with Gasteiger partial charge in [0.2, 0.25) is 0 Å². The number of amides is 1. The summed E-state index contributed by atoms with van der Waals surface area (Å²) in [5, 5.41) is 0. The number of aryl methyl sites for hydroxylation is 4.